The second-order valence-corrected chi connectivity index (χ2v) is 7.73. The van der Waals surface area contributed by atoms with Crippen LogP contribution in [0, 0.1) is 23.7 Å². The SMILES string of the molecule is C#Cc1c(C#N)sc2nc(N3CCC4(CC3)OCCO4)cc(CCC)c12. The van der Waals surface area contributed by atoms with Crippen LogP contribution in [0.2, 0.25) is 0 Å². The fraction of sp³-hybridized carbons (Fsp3) is 0.500. The van der Waals surface area contributed by atoms with Gasteiger partial charge >= 0.3 is 0 Å². The van der Waals surface area contributed by atoms with Gasteiger partial charge in [-0.1, -0.05) is 19.3 Å². The van der Waals surface area contributed by atoms with E-state index in [2.05, 4.69) is 29.9 Å². The van der Waals surface area contributed by atoms with Gasteiger partial charge in [0.1, 0.15) is 21.6 Å². The lowest BCUT2D eigenvalue weighted by atomic mass is 10.0. The van der Waals surface area contributed by atoms with Gasteiger partial charge in [-0.3, -0.25) is 0 Å². The van der Waals surface area contributed by atoms with Gasteiger partial charge in [0.25, 0.3) is 0 Å². The molecule has 2 aromatic rings. The lowest BCUT2D eigenvalue weighted by Crippen LogP contribution is -2.45. The van der Waals surface area contributed by atoms with Gasteiger partial charge in [0.2, 0.25) is 0 Å². The molecule has 0 aromatic carbocycles. The van der Waals surface area contributed by atoms with Gasteiger partial charge in [-0.15, -0.1) is 17.8 Å². The molecule has 2 aliphatic heterocycles. The fourth-order valence-electron chi connectivity index (χ4n) is 3.87. The van der Waals surface area contributed by atoms with E-state index in [1.54, 1.807) is 0 Å². The highest BCUT2D eigenvalue weighted by Crippen LogP contribution is 2.37. The van der Waals surface area contributed by atoms with E-state index in [-0.39, 0.29) is 5.79 Å². The summed E-state index contributed by atoms with van der Waals surface area (Å²) in [5.41, 5.74) is 1.88. The van der Waals surface area contributed by atoms with Crippen molar-refractivity contribution < 1.29 is 9.47 Å². The molecule has 0 atom stereocenters. The maximum absolute atomic E-state index is 9.41. The summed E-state index contributed by atoms with van der Waals surface area (Å²) in [6.45, 7) is 5.22. The maximum Gasteiger partial charge on any atom is 0.171 e. The Bertz CT molecular complexity index is 906. The summed E-state index contributed by atoms with van der Waals surface area (Å²) in [7, 11) is 0. The number of rotatable bonds is 3. The molecule has 5 nitrogen and oxygen atoms in total. The lowest BCUT2D eigenvalue weighted by Gasteiger charge is -2.38. The first kappa shape index (κ1) is 17.3. The van der Waals surface area contributed by atoms with Gasteiger partial charge in [-0.05, 0) is 18.1 Å². The van der Waals surface area contributed by atoms with Crippen LogP contribution in [-0.2, 0) is 15.9 Å². The van der Waals surface area contributed by atoms with Crippen LogP contribution in [-0.4, -0.2) is 37.1 Å². The number of anilines is 1. The van der Waals surface area contributed by atoms with Gasteiger partial charge in [-0.25, -0.2) is 4.98 Å². The molecule has 2 aromatic heterocycles. The van der Waals surface area contributed by atoms with E-state index in [0.717, 1.165) is 54.8 Å². The average molecular weight is 367 g/mol. The van der Waals surface area contributed by atoms with Crippen molar-refractivity contribution in [3.8, 4) is 18.4 Å². The summed E-state index contributed by atoms with van der Waals surface area (Å²) in [5, 5.41) is 10.4. The van der Waals surface area contributed by atoms with Crippen molar-refractivity contribution in [1.82, 2.24) is 4.98 Å². The summed E-state index contributed by atoms with van der Waals surface area (Å²) in [5.74, 6) is 3.27. The number of aromatic nitrogens is 1. The van der Waals surface area contributed by atoms with E-state index in [4.69, 9.17) is 20.9 Å². The summed E-state index contributed by atoms with van der Waals surface area (Å²) in [6.07, 6.45) is 9.32. The minimum absolute atomic E-state index is 0.388. The number of aryl methyl sites for hydroxylation is 1. The van der Waals surface area contributed by atoms with Gasteiger partial charge in [0, 0.05) is 31.3 Å². The second-order valence-electron chi connectivity index (χ2n) is 6.73. The Morgan fingerprint density at radius 2 is 2.08 bits per heavy atom. The van der Waals surface area contributed by atoms with Crippen LogP contribution in [0.5, 0.6) is 0 Å². The van der Waals surface area contributed by atoms with Crippen LogP contribution in [0.25, 0.3) is 10.2 Å². The second kappa shape index (κ2) is 6.89. The Morgan fingerprint density at radius 3 is 2.69 bits per heavy atom. The molecule has 2 fully saturated rings. The van der Waals surface area contributed by atoms with Crippen LogP contribution in [0.15, 0.2) is 6.07 Å². The molecule has 0 saturated carbocycles. The first-order chi connectivity index (χ1) is 12.7. The molecular weight excluding hydrogens is 346 g/mol. The molecule has 0 aliphatic carbocycles. The van der Waals surface area contributed by atoms with Crippen molar-refractivity contribution in [3.63, 3.8) is 0 Å². The Balaban J connectivity index is 1.70. The van der Waals surface area contributed by atoms with E-state index >= 15 is 0 Å². The number of thiophene rings is 1. The molecule has 0 amide bonds. The zero-order valence-corrected chi connectivity index (χ0v) is 15.7. The van der Waals surface area contributed by atoms with E-state index in [1.807, 2.05) is 0 Å². The number of ether oxygens (including phenoxy) is 2. The third-order valence-corrected chi connectivity index (χ3v) is 6.15. The highest BCUT2D eigenvalue weighted by atomic mass is 32.1. The molecule has 6 heteroatoms. The van der Waals surface area contributed by atoms with Crippen molar-refractivity contribution >= 4 is 27.4 Å². The monoisotopic (exact) mass is 367 g/mol. The number of hydrogen-bond donors (Lipinski definition) is 0. The predicted molar refractivity (Wildman–Crippen MR) is 102 cm³/mol. The normalized spacial score (nSPS) is 19.0. The number of terminal acetylenes is 1. The molecule has 0 bridgehead atoms. The Hall–Kier alpha value is -2.12. The fourth-order valence-corrected chi connectivity index (χ4v) is 4.84. The van der Waals surface area contributed by atoms with E-state index < -0.39 is 0 Å². The van der Waals surface area contributed by atoms with Crippen LogP contribution < -0.4 is 4.90 Å². The van der Waals surface area contributed by atoms with Crippen molar-refractivity contribution in [1.29, 1.82) is 5.26 Å². The molecule has 2 saturated heterocycles. The van der Waals surface area contributed by atoms with E-state index in [1.165, 1.54) is 16.9 Å². The molecule has 26 heavy (non-hydrogen) atoms. The predicted octanol–water partition coefficient (Wildman–Crippen LogP) is 3.45. The topological polar surface area (TPSA) is 58.4 Å². The molecule has 0 radical (unpaired) electrons. The minimum atomic E-state index is -0.388. The Morgan fingerprint density at radius 1 is 1.35 bits per heavy atom. The van der Waals surface area contributed by atoms with Gasteiger partial charge in [0.15, 0.2) is 5.79 Å². The van der Waals surface area contributed by atoms with Crippen LogP contribution in [0.1, 0.15) is 42.2 Å². The highest BCUT2D eigenvalue weighted by Gasteiger charge is 2.40. The van der Waals surface area contributed by atoms with Crippen molar-refractivity contribution in [2.24, 2.45) is 0 Å². The number of hydrogen-bond acceptors (Lipinski definition) is 6. The zero-order chi connectivity index (χ0) is 18.1. The minimum Gasteiger partial charge on any atom is -0.356 e. The van der Waals surface area contributed by atoms with Gasteiger partial charge < -0.3 is 14.4 Å². The first-order valence-electron chi connectivity index (χ1n) is 9.05. The number of fused-ring (bicyclic) bond motifs is 1. The lowest BCUT2D eigenvalue weighted by molar-refractivity contribution is -0.169. The third-order valence-electron chi connectivity index (χ3n) is 5.16. The molecular formula is C20H21N3O2S. The number of nitriles is 1. The van der Waals surface area contributed by atoms with Crippen LogP contribution in [0.3, 0.4) is 0 Å². The highest BCUT2D eigenvalue weighted by molar-refractivity contribution is 7.19. The number of pyridine rings is 1. The largest absolute Gasteiger partial charge is 0.356 e. The van der Waals surface area contributed by atoms with Crippen molar-refractivity contribution in [3.05, 3.63) is 22.1 Å². The summed E-state index contributed by atoms with van der Waals surface area (Å²) >= 11 is 1.39. The third kappa shape index (κ3) is 2.85. The summed E-state index contributed by atoms with van der Waals surface area (Å²) < 4.78 is 11.6. The quantitative estimate of drug-likeness (QED) is 0.778. The molecule has 4 heterocycles. The Labute approximate surface area is 157 Å². The molecule has 0 unspecified atom stereocenters. The summed E-state index contributed by atoms with van der Waals surface area (Å²) in [6, 6.07) is 4.37. The number of nitrogens with zero attached hydrogens (tertiary/aromatic N) is 3. The van der Waals surface area contributed by atoms with Gasteiger partial charge in [0.05, 0.1) is 18.8 Å². The maximum atomic E-state index is 9.41. The van der Waals surface area contributed by atoms with Crippen molar-refractivity contribution in [2.75, 3.05) is 31.2 Å². The van der Waals surface area contributed by atoms with E-state index in [9.17, 15) is 5.26 Å². The Kier molecular flexibility index (Phi) is 4.58. The zero-order valence-electron chi connectivity index (χ0n) is 14.9. The van der Waals surface area contributed by atoms with Crippen LogP contribution in [0.4, 0.5) is 5.82 Å². The average Bonchev–Trinajstić information content (AvgIpc) is 3.26. The first-order valence-corrected chi connectivity index (χ1v) is 9.87. The smallest absolute Gasteiger partial charge is 0.171 e. The summed E-state index contributed by atoms with van der Waals surface area (Å²) in [4.78, 5) is 8.58. The van der Waals surface area contributed by atoms with E-state index in [0.29, 0.717) is 23.7 Å². The standard InChI is InChI=1S/C20H21N3O2S/c1-3-5-14-12-17(22-19-18(14)15(4-2)16(13-21)26-19)23-8-6-20(7-9-23)24-10-11-25-20/h2,12H,3,5-11H2,1H3. The molecule has 4 rings (SSSR count). The molecule has 134 valence electrons. The van der Waals surface area contributed by atoms with Crippen LogP contribution >= 0.6 is 11.3 Å². The van der Waals surface area contributed by atoms with Gasteiger partial charge in [-0.2, -0.15) is 5.26 Å². The van der Waals surface area contributed by atoms with Crippen molar-refractivity contribution in [2.45, 2.75) is 38.4 Å². The molecule has 1 spiro atoms. The number of piperidine rings is 1. The molecule has 2 aliphatic rings. The molecule has 0 N–H and O–H groups in total.